The molecule has 0 N–H and O–H groups in total. The number of aryl methyl sites for hydroxylation is 3. The van der Waals surface area contributed by atoms with E-state index >= 15 is 0 Å². The molecule has 9 nitrogen and oxygen atoms in total. The third kappa shape index (κ3) is 6.18. The van der Waals surface area contributed by atoms with Crippen molar-refractivity contribution < 1.29 is 9.53 Å². The topological polar surface area (TPSA) is 88.8 Å². The summed E-state index contributed by atoms with van der Waals surface area (Å²) in [5.74, 6) is 1.40. The van der Waals surface area contributed by atoms with E-state index in [0.717, 1.165) is 60.6 Å². The second kappa shape index (κ2) is 14.1. The number of benzene rings is 2. The van der Waals surface area contributed by atoms with Gasteiger partial charge in [0, 0.05) is 72.9 Å². The summed E-state index contributed by atoms with van der Waals surface area (Å²) >= 11 is 0. The molecule has 50 heavy (non-hydrogen) atoms. The Morgan fingerprint density at radius 3 is 2.56 bits per heavy atom. The van der Waals surface area contributed by atoms with Crippen molar-refractivity contribution in [2.24, 2.45) is 0 Å². The van der Waals surface area contributed by atoms with Crippen molar-refractivity contribution in [3.63, 3.8) is 0 Å². The quantitative estimate of drug-likeness (QED) is 0.200. The maximum Gasteiger partial charge on any atom is 0.246 e. The first-order valence-corrected chi connectivity index (χ1v) is 17.9. The lowest BCUT2D eigenvalue weighted by molar-refractivity contribution is -0.128. The van der Waals surface area contributed by atoms with E-state index in [4.69, 9.17) is 14.7 Å². The van der Waals surface area contributed by atoms with Gasteiger partial charge in [0.15, 0.2) is 0 Å². The van der Waals surface area contributed by atoms with Crippen LogP contribution in [-0.2, 0) is 17.8 Å². The highest BCUT2D eigenvalue weighted by atomic mass is 16.5. The molecule has 2 aromatic carbocycles. The van der Waals surface area contributed by atoms with Crippen LogP contribution in [0, 0.1) is 32.1 Å². The van der Waals surface area contributed by atoms with Crippen LogP contribution in [0.4, 0.5) is 11.5 Å². The number of anilines is 2. The Morgan fingerprint density at radius 2 is 1.82 bits per heavy atom. The lowest BCUT2D eigenvalue weighted by atomic mass is 9.88. The number of aromatic nitrogens is 2. The lowest BCUT2D eigenvalue weighted by Gasteiger charge is -2.43. The van der Waals surface area contributed by atoms with Gasteiger partial charge in [0.2, 0.25) is 11.8 Å². The van der Waals surface area contributed by atoms with Crippen LogP contribution >= 0.6 is 0 Å². The molecule has 2 saturated heterocycles. The van der Waals surface area contributed by atoms with Crippen LogP contribution in [0.2, 0.25) is 0 Å². The number of carbonyl (C=O) groups is 1. The highest BCUT2D eigenvalue weighted by Gasteiger charge is 2.36. The molecule has 5 heterocycles. The standard InChI is InChI=1S/C41H47N7O2/c1-6-36(49)48-23-22-47(24-31(48)15-18-42)40-33-17-21-46(35-14-8-12-30-11-7-10-27(2)38(30)35)25-34(33)39(37-28(3)16-19-43-29(37)4)41(44-40)50-26-32-13-9-20-45(32)5/h6-8,10-12,14,16,19,31-32H,1,9,13,15,17,20-26H2,2-5H3/t31-,32-/m0/s1. The van der Waals surface area contributed by atoms with Crippen molar-refractivity contribution in [3.8, 4) is 23.1 Å². The lowest BCUT2D eigenvalue weighted by Crippen LogP contribution is -2.55. The summed E-state index contributed by atoms with van der Waals surface area (Å²) in [4.78, 5) is 32.0. The Labute approximate surface area is 295 Å². The van der Waals surface area contributed by atoms with Crippen LogP contribution in [0.1, 0.15) is 47.2 Å². The Hall–Kier alpha value is -4.94. The van der Waals surface area contributed by atoms with Crippen molar-refractivity contribution >= 4 is 28.2 Å². The van der Waals surface area contributed by atoms with Crippen LogP contribution in [0.5, 0.6) is 5.88 Å². The van der Waals surface area contributed by atoms with E-state index < -0.39 is 0 Å². The number of hydrogen-bond acceptors (Lipinski definition) is 8. The molecule has 2 aromatic heterocycles. The van der Waals surface area contributed by atoms with Crippen molar-refractivity contribution in [1.29, 1.82) is 5.26 Å². The normalized spacial score (nSPS) is 19.4. The average molecular weight is 670 g/mol. The number of carbonyl (C=O) groups excluding carboxylic acids is 1. The minimum absolute atomic E-state index is 0.136. The Bertz CT molecular complexity index is 1960. The van der Waals surface area contributed by atoms with E-state index in [2.05, 4.69) is 97.6 Å². The number of amides is 1. The minimum Gasteiger partial charge on any atom is -0.475 e. The van der Waals surface area contributed by atoms with E-state index in [9.17, 15) is 10.1 Å². The van der Waals surface area contributed by atoms with Crippen molar-refractivity contribution in [2.45, 2.75) is 65.1 Å². The van der Waals surface area contributed by atoms with Crippen LogP contribution in [-0.4, -0.2) is 84.1 Å². The fourth-order valence-electron chi connectivity index (χ4n) is 8.36. The number of piperazine rings is 1. The molecule has 3 aliphatic rings. The van der Waals surface area contributed by atoms with Gasteiger partial charge >= 0.3 is 0 Å². The third-order valence-electron chi connectivity index (χ3n) is 11.0. The van der Waals surface area contributed by atoms with Gasteiger partial charge in [-0.3, -0.25) is 9.78 Å². The van der Waals surface area contributed by atoms with Gasteiger partial charge < -0.3 is 24.3 Å². The molecule has 1 amide bonds. The number of pyridine rings is 2. The summed E-state index contributed by atoms with van der Waals surface area (Å²) in [5.41, 5.74) is 9.12. The van der Waals surface area contributed by atoms with Crippen LogP contribution in [0.25, 0.3) is 21.9 Å². The number of ether oxygens (including phenoxy) is 1. The van der Waals surface area contributed by atoms with Gasteiger partial charge in [-0.2, -0.15) is 10.2 Å². The molecule has 0 aliphatic carbocycles. The molecule has 9 heteroatoms. The number of nitrogens with zero attached hydrogens (tertiary/aromatic N) is 7. The van der Waals surface area contributed by atoms with Gasteiger partial charge in [0.25, 0.3) is 0 Å². The number of hydrogen-bond donors (Lipinski definition) is 0. The molecular formula is C41H47N7O2. The monoisotopic (exact) mass is 669 g/mol. The van der Waals surface area contributed by atoms with Crippen LogP contribution < -0.4 is 14.5 Å². The molecule has 0 radical (unpaired) electrons. The molecule has 0 spiro atoms. The zero-order valence-electron chi connectivity index (χ0n) is 29.8. The van der Waals surface area contributed by atoms with E-state index in [-0.39, 0.29) is 18.4 Å². The molecule has 2 fully saturated rings. The molecule has 7 rings (SSSR count). The second-order valence-electron chi connectivity index (χ2n) is 14.1. The van der Waals surface area contributed by atoms with Crippen molar-refractivity contribution in [2.75, 3.05) is 56.2 Å². The van der Waals surface area contributed by atoms with Crippen LogP contribution in [0.15, 0.2) is 61.3 Å². The SMILES string of the molecule is C=CC(=O)N1CCN(c2nc(OC[C@@H]3CCCN3C)c(-c3c(C)ccnc3C)c3c2CCN(c2cccc4cccc(C)c24)C3)C[C@@H]1CC#N. The van der Waals surface area contributed by atoms with E-state index in [0.29, 0.717) is 44.7 Å². The fourth-order valence-corrected chi connectivity index (χ4v) is 8.36. The first kappa shape index (κ1) is 33.6. The molecule has 258 valence electrons. The molecule has 0 bridgehead atoms. The number of rotatable bonds is 8. The van der Waals surface area contributed by atoms with Gasteiger partial charge in [-0.15, -0.1) is 0 Å². The predicted octanol–water partition coefficient (Wildman–Crippen LogP) is 6.37. The van der Waals surface area contributed by atoms with Gasteiger partial charge in [-0.1, -0.05) is 36.9 Å². The van der Waals surface area contributed by atoms with Gasteiger partial charge in [0.05, 0.1) is 24.1 Å². The van der Waals surface area contributed by atoms with Crippen molar-refractivity contribution in [3.05, 3.63) is 89.3 Å². The van der Waals surface area contributed by atoms with Gasteiger partial charge in [0.1, 0.15) is 12.4 Å². The number of likely N-dealkylation sites (tertiary alicyclic amines) is 1. The molecule has 0 unspecified atom stereocenters. The Balaban J connectivity index is 1.40. The highest BCUT2D eigenvalue weighted by molar-refractivity contribution is 5.97. The maximum absolute atomic E-state index is 12.8. The van der Waals surface area contributed by atoms with Gasteiger partial charge in [-0.05, 0) is 93.9 Å². The number of likely N-dealkylation sites (N-methyl/N-ethyl adjacent to an activating group) is 1. The summed E-state index contributed by atoms with van der Waals surface area (Å²) in [6.45, 7) is 14.9. The largest absolute Gasteiger partial charge is 0.475 e. The van der Waals surface area contributed by atoms with Crippen LogP contribution in [0.3, 0.4) is 0 Å². The summed E-state index contributed by atoms with van der Waals surface area (Å²) in [6, 6.07) is 17.6. The number of nitriles is 1. The fraction of sp³-hybridized carbons (Fsp3) is 0.415. The maximum atomic E-state index is 12.8. The van der Waals surface area contributed by atoms with E-state index in [1.54, 1.807) is 4.90 Å². The smallest absolute Gasteiger partial charge is 0.246 e. The third-order valence-corrected chi connectivity index (χ3v) is 11.0. The predicted molar refractivity (Wildman–Crippen MR) is 200 cm³/mol. The molecule has 2 atom stereocenters. The summed E-state index contributed by atoms with van der Waals surface area (Å²) in [7, 11) is 2.17. The van der Waals surface area contributed by atoms with Gasteiger partial charge in [-0.25, -0.2) is 0 Å². The number of fused-ring (bicyclic) bond motifs is 2. The first-order valence-electron chi connectivity index (χ1n) is 17.9. The summed E-state index contributed by atoms with van der Waals surface area (Å²) < 4.78 is 6.88. The minimum atomic E-state index is -0.255. The molecule has 3 aliphatic heterocycles. The summed E-state index contributed by atoms with van der Waals surface area (Å²) in [6.07, 6.45) is 6.53. The first-order chi connectivity index (χ1) is 24.3. The van der Waals surface area contributed by atoms with E-state index in [1.807, 2.05) is 6.20 Å². The van der Waals surface area contributed by atoms with Crippen molar-refractivity contribution in [1.82, 2.24) is 19.8 Å². The Morgan fingerprint density at radius 1 is 1.00 bits per heavy atom. The molecular weight excluding hydrogens is 622 g/mol. The molecule has 0 saturated carbocycles. The highest BCUT2D eigenvalue weighted by Crippen LogP contribution is 2.45. The Kier molecular flexibility index (Phi) is 9.48. The zero-order chi connectivity index (χ0) is 34.9. The average Bonchev–Trinajstić information content (AvgIpc) is 3.54. The van der Waals surface area contributed by atoms with E-state index in [1.165, 1.54) is 39.2 Å². The molecule has 4 aromatic rings. The summed E-state index contributed by atoms with van der Waals surface area (Å²) in [5, 5.41) is 12.3. The zero-order valence-corrected chi connectivity index (χ0v) is 29.8. The second-order valence-corrected chi connectivity index (χ2v) is 14.1.